The number of amides is 1. The van der Waals surface area contributed by atoms with Crippen LogP contribution in [0.25, 0.3) is 0 Å². The van der Waals surface area contributed by atoms with Crippen molar-refractivity contribution in [1.29, 1.82) is 0 Å². The number of nitrogens with zero attached hydrogens (tertiary/aromatic N) is 4. The van der Waals surface area contributed by atoms with E-state index in [2.05, 4.69) is 31.7 Å². The molecule has 0 spiro atoms. The second kappa shape index (κ2) is 8.04. The Labute approximate surface area is 151 Å². The van der Waals surface area contributed by atoms with Crippen LogP contribution in [0.3, 0.4) is 0 Å². The third-order valence-electron chi connectivity index (χ3n) is 3.98. The van der Waals surface area contributed by atoms with Gasteiger partial charge in [-0.1, -0.05) is 18.2 Å². The number of hydrogen-bond donors (Lipinski definition) is 1. The van der Waals surface area contributed by atoms with Gasteiger partial charge in [-0.15, -0.1) is 11.3 Å². The van der Waals surface area contributed by atoms with Crippen LogP contribution in [-0.2, 0) is 6.54 Å². The van der Waals surface area contributed by atoms with Gasteiger partial charge in [0.15, 0.2) is 0 Å². The number of thiophene rings is 1. The van der Waals surface area contributed by atoms with Crippen LogP contribution >= 0.6 is 11.3 Å². The highest BCUT2D eigenvalue weighted by Gasteiger charge is 2.16. The molecule has 0 bridgehead atoms. The molecule has 2 aromatic heterocycles. The normalized spacial score (nSPS) is 12.3. The highest BCUT2D eigenvalue weighted by molar-refractivity contribution is 7.10. The first-order chi connectivity index (χ1) is 12.1. The van der Waals surface area contributed by atoms with Crippen molar-refractivity contribution in [2.75, 3.05) is 20.6 Å². The van der Waals surface area contributed by atoms with Crippen molar-refractivity contribution in [3.63, 3.8) is 0 Å². The number of likely N-dealkylation sites (N-methyl/N-ethyl adjacent to an activating group) is 1. The van der Waals surface area contributed by atoms with Gasteiger partial charge in [-0.3, -0.25) is 4.79 Å². The van der Waals surface area contributed by atoms with Crippen LogP contribution in [0, 0.1) is 0 Å². The number of carbonyl (C=O) groups is 1. The molecule has 7 heteroatoms. The van der Waals surface area contributed by atoms with Gasteiger partial charge >= 0.3 is 0 Å². The fourth-order valence-corrected chi connectivity index (χ4v) is 3.50. The summed E-state index contributed by atoms with van der Waals surface area (Å²) in [5, 5.41) is 9.17. The molecular formula is C18H21N5OS. The molecule has 0 saturated carbocycles. The van der Waals surface area contributed by atoms with Crippen LogP contribution in [0.4, 0.5) is 0 Å². The maximum absolute atomic E-state index is 12.4. The van der Waals surface area contributed by atoms with Gasteiger partial charge in [0.2, 0.25) is 0 Å². The quantitative estimate of drug-likeness (QED) is 0.707. The topological polar surface area (TPSA) is 63.1 Å². The standard InChI is InChI=1S/C18H21N5OS/c1-22(2)16(17-4-3-9-25-17)10-20-18(24)15-7-5-14(6-8-15)11-23-13-19-12-21-23/h3-9,12-13,16H,10-11H2,1-2H3,(H,20,24). The summed E-state index contributed by atoms with van der Waals surface area (Å²) >= 11 is 1.70. The van der Waals surface area contributed by atoms with Gasteiger partial charge in [0.1, 0.15) is 12.7 Å². The maximum Gasteiger partial charge on any atom is 0.251 e. The predicted molar refractivity (Wildman–Crippen MR) is 98.6 cm³/mol. The van der Waals surface area contributed by atoms with Crippen molar-refractivity contribution < 1.29 is 4.79 Å². The molecule has 130 valence electrons. The highest BCUT2D eigenvalue weighted by Crippen LogP contribution is 2.22. The SMILES string of the molecule is CN(C)C(CNC(=O)c1ccc(Cn2cncn2)cc1)c1cccs1. The van der Waals surface area contributed by atoms with Gasteiger partial charge < -0.3 is 10.2 Å². The average Bonchev–Trinajstić information content (AvgIpc) is 3.29. The van der Waals surface area contributed by atoms with Gasteiger partial charge in [-0.25, -0.2) is 9.67 Å². The summed E-state index contributed by atoms with van der Waals surface area (Å²) in [6, 6.07) is 11.9. The summed E-state index contributed by atoms with van der Waals surface area (Å²) in [7, 11) is 4.05. The van der Waals surface area contributed by atoms with Crippen LogP contribution < -0.4 is 5.32 Å². The predicted octanol–water partition coefficient (Wildman–Crippen LogP) is 2.42. The van der Waals surface area contributed by atoms with Gasteiger partial charge in [-0.05, 0) is 43.2 Å². The lowest BCUT2D eigenvalue weighted by molar-refractivity contribution is 0.0942. The van der Waals surface area contributed by atoms with E-state index < -0.39 is 0 Å². The Morgan fingerprint density at radius 1 is 1.28 bits per heavy atom. The van der Waals surface area contributed by atoms with Crippen LogP contribution in [0.15, 0.2) is 54.4 Å². The van der Waals surface area contributed by atoms with Crippen LogP contribution in [0.1, 0.15) is 26.8 Å². The van der Waals surface area contributed by atoms with Gasteiger partial charge in [-0.2, -0.15) is 5.10 Å². The number of hydrogen-bond acceptors (Lipinski definition) is 5. The van der Waals surface area contributed by atoms with E-state index in [0.29, 0.717) is 18.7 Å². The minimum Gasteiger partial charge on any atom is -0.350 e. The van der Waals surface area contributed by atoms with Crippen molar-refractivity contribution in [3.05, 3.63) is 70.4 Å². The summed E-state index contributed by atoms with van der Waals surface area (Å²) < 4.78 is 1.75. The van der Waals surface area contributed by atoms with Crippen molar-refractivity contribution >= 4 is 17.2 Å². The Morgan fingerprint density at radius 2 is 2.08 bits per heavy atom. The summed E-state index contributed by atoms with van der Waals surface area (Å²) in [5.74, 6) is -0.0595. The second-order valence-corrected chi connectivity index (χ2v) is 6.97. The molecule has 0 aliphatic rings. The molecule has 0 radical (unpaired) electrons. The van der Waals surface area contributed by atoms with E-state index in [0.717, 1.165) is 5.56 Å². The largest absolute Gasteiger partial charge is 0.350 e. The number of carbonyl (C=O) groups excluding carboxylic acids is 1. The monoisotopic (exact) mass is 355 g/mol. The van der Waals surface area contributed by atoms with Gasteiger partial charge in [0, 0.05) is 17.0 Å². The Hall–Kier alpha value is -2.51. The van der Waals surface area contributed by atoms with Gasteiger partial charge in [0.25, 0.3) is 5.91 Å². The molecule has 25 heavy (non-hydrogen) atoms. The molecule has 3 aromatic rings. The van der Waals surface area contributed by atoms with E-state index in [1.54, 1.807) is 22.3 Å². The Bertz CT molecular complexity index is 782. The first-order valence-corrected chi connectivity index (χ1v) is 8.91. The summed E-state index contributed by atoms with van der Waals surface area (Å²) in [4.78, 5) is 19.7. The number of rotatable bonds is 7. The fourth-order valence-electron chi connectivity index (χ4n) is 2.57. The lowest BCUT2D eigenvalue weighted by Gasteiger charge is -2.23. The lowest BCUT2D eigenvalue weighted by Crippen LogP contribution is -2.34. The van der Waals surface area contributed by atoms with E-state index in [1.165, 1.54) is 11.2 Å². The molecule has 0 saturated heterocycles. The van der Waals surface area contributed by atoms with Crippen molar-refractivity contribution in [2.24, 2.45) is 0 Å². The van der Waals surface area contributed by atoms with Crippen molar-refractivity contribution in [3.8, 4) is 0 Å². The zero-order valence-corrected chi connectivity index (χ0v) is 15.1. The van der Waals surface area contributed by atoms with E-state index in [-0.39, 0.29) is 11.9 Å². The molecular weight excluding hydrogens is 334 g/mol. The number of aromatic nitrogens is 3. The van der Waals surface area contributed by atoms with Crippen molar-refractivity contribution in [1.82, 2.24) is 25.0 Å². The summed E-state index contributed by atoms with van der Waals surface area (Å²) in [5.41, 5.74) is 1.73. The fraction of sp³-hybridized carbons (Fsp3) is 0.278. The molecule has 1 N–H and O–H groups in total. The molecule has 2 heterocycles. The zero-order valence-electron chi connectivity index (χ0n) is 14.3. The molecule has 1 unspecified atom stereocenters. The van der Waals surface area contributed by atoms with Crippen LogP contribution in [0.5, 0.6) is 0 Å². The molecule has 1 amide bonds. The third kappa shape index (κ3) is 4.52. The third-order valence-corrected chi connectivity index (χ3v) is 4.95. The van der Waals surface area contributed by atoms with E-state index >= 15 is 0 Å². The Balaban J connectivity index is 1.59. The summed E-state index contributed by atoms with van der Waals surface area (Å²) in [6.07, 6.45) is 3.18. The van der Waals surface area contributed by atoms with Crippen molar-refractivity contribution in [2.45, 2.75) is 12.6 Å². The Morgan fingerprint density at radius 3 is 2.68 bits per heavy atom. The number of nitrogens with one attached hydrogen (secondary N) is 1. The minimum atomic E-state index is -0.0595. The first-order valence-electron chi connectivity index (χ1n) is 8.03. The average molecular weight is 355 g/mol. The van der Waals surface area contributed by atoms with Crippen LogP contribution in [0.2, 0.25) is 0 Å². The summed E-state index contributed by atoms with van der Waals surface area (Å²) in [6.45, 7) is 1.22. The zero-order chi connectivity index (χ0) is 17.6. The van der Waals surface area contributed by atoms with E-state index in [4.69, 9.17) is 0 Å². The molecule has 0 aliphatic heterocycles. The molecule has 1 aromatic carbocycles. The minimum absolute atomic E-state index is 0.0595. The molecule has 0 fully saturated rings. The van der Waals surface area contributed by atoms with E-state index in [1.807, 2.05) is 44.4 Å². The smallest absolute Gasteiger partial charge is 0.251 e. The number of benzene rings is 1. The van der Waals surface area contributed by atoms with E-state index in [9.17, 15) is 4.79 Å². The molecule has 3 rings (SSSR count). The molecule has 6 nitrogen and oxygen atoms in total. The Kier molecular flexibility index (Phi) is 5.57. The lowest BCUT2D eigenvalue weighted by atomic mass is 10.1. The van der Waals surface area contributed by atoms with Crippen LogP contribution in [-0.4, -0.2) is 46.2 Å². The van der Waals surface area contributed by atoms with Gasteiger partial charge in [0.05, 0.1) is 12.6 Å². The second-order valence-electron chi connectivity index (χ2n) is 5.99. The maximum atomic E-state index is 12.4. The highest BCUT2D eigenvalue weighted by atomic mass is 32.1. The molecule has 0 aliphatic carbocycles. The first kappa shape index (κ1) is 17.3. The molecule has 1 atom stereocenters.